The fraction of sp³-hybridized carbons (Fsp3) is 0.120. The second kappa shape index (κ2) is 7.76. The number of hydrogen-bond acceptors (Lipinski definition) is 4. The summed E-state index contributed by atoms with van der Waals surface area (Å²) in [6.07, 6.45) is 0. The quantitative estimate of drug-likeness (QED) is 0.436. The van der Waals surface area contributed by atoms with E-state index < -0.39 is 0 Å². The molecule has 4 aromatic rings. The minimum absolute atomic E-state index is 0.0491. The Labute approximate surface area is 168 Å². The highest BCUT2D eigenvalue weighted by Gasteiger charge is 2.19. The number of hydrogen-bond donors (Lipinski definition) is 0. The van der Waals surface area contributed by atoms with Gasteiger partial charge >= 0.3 is 0 Å². The van der Waals surface area contributed by atoms with E-state index in [0.29, 0.717) is 22.3 Å². The van der Waals surface area contributed by atoms with Gasteiger partial charge in [-0.25, -0.2) is 0 Å². The lowest BCUT2D eigenvalue weighted by Crippen LogP contribution is -2.17. The molecule has 1 heterocycles. The lowest BCUT2D eigenvalue weighted by Gasteiger charge is -2.11. The van der Waals surface area contributed by atoms with Gasteiger partial charge in [0.05, 0.1) is 5.39 Å². The number of carbonyl (C=O) groups is 1. The molecule has 0 bridgehead atoms. The van der Waals surface area contributed by atoms with E-state index in [-0.39, 0.29) is 23.6 Å². The molecular weight excluding hydrogens is 364 g/mol. The van der Waals surface area contributed by atoms with Crippen molar-refractivity contribution in [1.29, 1.82) is 0 Å². The fourth-order valence-electron chi connectivity index (χ4n) is 3.11. The van der Waals surface area contributed by atoms with Crippen LogP contribution in [0.25, 0.3) is 22.3 Å². The molecule has 0 fully saturated rings. The van der Waals surface area contributed by atoms with Gasteiger partial charge in [0.25, 0.3) is 0 Å². The van der Waals surface area contributed by atoms with Gasteiger partial charge in [0, 0.05) is 11.1 Å². The Kier molecular flexibility index (Phi) is 5.00. The molecule has 1 aromatic heterocycles. The molecule has 144 valence electrons. The number of Topliss-reactive ketones (excluding diaryl/α,β-unsaturated/α-hetero) is 1. The van der Waals surface area contributed by atoms with Crippen LogP contribution >= 0.6 is 0 Å². The van der Waals surface area contributed by atoms with E-state index in [1.165, 1.54) is 0 Å². The molecule has 4 heteroatoms. The molecule has 0 unspecified atom stereocenters. The van der Waals surface area contributed by atoms with Gasteiger partial charge < -0.3 is 9.15 Å². The Hall–Kier alpha value is -3.66. The van der Waals surface area contributed by atoms with E-state index in [1.807, 2.05) is 56.3 Å². The van der Waals surface area contributed by atoms with Crippen LogP contribution in [-0.2, 0) is 0 Å². The van der Waals surface area contributed by atoms with Crippen molar-refractivity contribution in [2.45, 2.75) is 13.8 Å². The number of aryl methyl sites for hydroxylation is 2. The summed E-state index contributed by atoms with van der Waals surface area (Å²) >= 11 is 0. The van der Waals surface area contributed by atoms with E-state index in [4.69, 9.17) is 9.15 Å². The molecule has 0 saturated heterocycles. The summed E-state index contributed by atoms with van der Waals surface area (Å²) in [5.74, 6) is 0.172. The smallest absolute Gasteiger partial charge is 0.235 e. The summed E-state index contributed by atoms with van der Waals surface area (Å²) in [5, 5.41) is 0.418. The highest BCUT2D eigenvalue weighted by molar-refractivity contribution is 5.97. The predicted octanol–water partition coefficient (Wildman–Crippen LogP) is 5.34. The van der Waals surface area contributed by atoms with Gasteiger partial charge in [-0.1, -0.05) is 71.8 Å². The van der Waals surface area contributed by atoms with Crippen molar-refractivity contribution >= 4 is 16.8 Å². The van der Waals surface area contributed by atoms with Gasteiger partial charge in [0.2, 0.25) is 11.2 Å². The first-order chi connectivity index (χ1) is 14.0. The number of ether oxygens (including phenoxy) is 1. The van der Waals surface area contributed by atoms with Gasteiger partial charge in [-0.2, -0.15) is 0 Å². The molecule has 0 aliphatic rings. The van der Waals surface area contributed by atoms with E-state index in [0.717, 1.165) is 16.7 Å². The minimum atomic E-state index is -0.292. The Morgan fingerprint density at radius 1 is 0.862 bits per heavy atom. The number of carbonyl (C=O) groups excluding carboxylic acids is 1. The lowest BCUT2D eigenvalue weighted by molar-refractivity contribution is 0.0920. The molecule has 29 heavy (non-hydrogen) atoms. The third kappa shape index (κ3) is 3.83. The summed E-state index contributed by atoms with van der Waals surface area (Å²) in [4.78, 5) is 25.6. The molecule has 0 aliphatic heterocycles. The number of rotatable bonds is 5. The largest absolute Gasteiger partial charge is 0.478 e. The molecule has 4 rings (SSSR count). The first-order valence-corrected chi connectivity index (χ1v) is 9.38. The van der Waals surface area contributed by atoms with E-state index >= 15 is 0 Å². The molecule has 4 nitrogen and oxygen atoms in total. The summed E-state index contributed by atoms with van der Waals surface area (Å²) in [7, 11) is 0. The third-order valence-electron chi connectivity index (χ3n) is 4.79. The van der Waals surface area contributed by atoms with Crippen molar-refractivity contribution in [2.24, 2.45) is 0 Å². The normalized spacial score (nSPS) is 10.8. The first-order valence-electron chi connectivity index (χ1n) is 9.38. The minimum Gasteiger partial charge on any atom is -0.478 e. The summed E-state index contributed by atoms with van der Waals surface area (Å²) in [5.41, 5.74) is 3.60. The predicted molar refractivity (Wildman–Crippen MR) is 114 cm³/mol. The number of para-hydroxylation sites is 1. The third-order valence-corrected chi connectivity index (χ3v) is 4.79. The first kappa shape index (κ1) is 18.7. The molecule has 0 aliphatic carbocycles. The van der Waals surface area contributed by atoms with Crippen LogP contribution in [0.4, 0.5) is 0 Å². The number of benzene rings is 3. The zero-order valence-electron chi connectivity index (χ0n) is 16.3. The van der Waals surface area contributed by atoms with Crippen LogP contribution in [0.15, 0.2) is 82.0 Å². The van der Waals surface area contributed by atoms with Crippen molar-refractivity contribution in [1.82, 2.24) is 0 Å². The maximum Gasteiger partial charge on any atom is 0.235 e. The molecule has 0 atom stereocenters. The fourth-order valence-corrected chi connectivity index (χ4v) is 3.11. The van der Waals surface area contributed by atoms with Gasteiger partial charge in [-0.3, -0.25) is 9.59 Å². The highest BCUT2D eigenvalue weighted by atomic mass is 16.5. The standard InChI is InChI=1S/C25H20O4/c1-16-7-11-18(12-8-16)21(26)15-28-25-23(27)20-5-3-4-6-22(20)29-24(25)19-13-9-17(2)10-14-19/h3-14H,15H2,1-2H3. The summed E-state index contributed by atoms with van der Waals surface area (Å²) < 4.78 is 11.8. The van der Waals surface area contributed by atoms with Gasteiger partial charge in [0.15, 0.2) is 18.2 Å². The molecule has 0 saturated carbocycles. The monoisotopic (exact) mass is 384 g/mol. The van der Waals surface area contributed by atoms with Crippen molar-refractivity contribution in [3.63, 3.8) is 0 Å². The van der Waals surface area contributed by atoms with Crippen LogP contribution in [0.3, 0.4) is 0 Å². The average molecular weight is 384 g/mol. The van der Waals surface area contributed by atoms with E-state index in [2.05, 4.69) is 0 Å². The SMILES string of the molecule is Cc1ccc(C(=O)COc2c(-c3ccc(C)cc3)oc3ccccc3c2=O)cc1. The Bertz CT molecular complexity index is 1230. The van der Waals surface area contributed by atoms with Gasteiger partial charge in [-0.05, 0) is 26.0 Å². The maximum absolute atomic E-state index is 13.1. The van der Waals surface area contributed by atoms with Crippen molar-refractivity contribution in [3.8, 4) is 17.1 Å². The molecule has 0 radical (unpaired) electrons. The summed E-state index contributed by atoms with van der Waals surface area (Å²) in [6.45, 7) is 3.70. The Balaban J connectivity index is 1.75. The molecule has 0 amide bonds. The van der Waals surface area contributed by atoms with Gasteiger partial charge in [0.1, 0.15) is 5.58 Å². The molecule has 0 N–H and O–H groups in total. The van der Waals surface area contributed by atoms with Crippen LogP contribution < -0.4 is 10.2 Å². The average Bonchev–Trinajstić information content (AvgIpc) is 2.74. The van der Waals surface area contributed by atoms with Crippen molar-refractivity contribution < 1.29 is 13.9 Å². The highest BCUT2D eigenvalue weighted by Crippen LogP contribution is 2.31. The molecule has 3 aromatic carbocycles. The van der Waals surface area contributed by atoms with Crippen LogP contribution in [0.5, 0.6) is 5.75 Å². The van der Waals surface area contributed by atoms with Crippen molar-refractivity contribution in [2.75, 3.05) is 6.61 Å². The van der Waals surface area contributed by atoms with Gasteiger partial charge in [-0.15, -0.1) is 0 Å². The van der Waals surface area contributed by atoms with E-state index in [1.54, 1.807) is 30.3 Å². The van der Waals surface area contributed by atoms with Crippen LogP contribution in [0, 0.1) is 13.8 Å². The van der Waals surface area contributed by atoms with Crippen LogP contribution in [0.1, 0.15) is 21.5 Å². The van der Waals surface area contributed by atoms with Crippen LogP contribution in [0.2, 0.25) is 0 Å². The summed E-state index contributed by atoms with van der Waals surface area (Å²) in [6, 6.07) is 21.9. The molecular formula is C25H20O4. The van der Waals surface area contributed by atoms with E-state index in [9.17, 15) is 9.59 Å². The lowest BCUT2D eigenvalue weighted by atomic mass is 10.1. The van der Waals surface area contributed by atoms with Crippen molar-refractivity contribution in [3.05, 3.63) is 99.7 Å². The second-order valence-electron chi connectivity index (χ2n) is 7.03. The Morgan fingerprint density at radius 2 is 1.48 bits per heavy atom. The molecule has 0 spiro atoms. The maximum atomic E-state index is 13.1. The number of fused-ring (bicyclic) bond motifs is 1. The zero-order chi connectivity index (χ0) is 20.4. The topological polar surface area (TPSA) is 56.5 Å². The van der Waals surface area contributed by atoms with Crippen LogP contribution in [-0.4, -0.2) is 12.4 Å². The Morgan fingerprint density at radius 3 is 2.17 bits per heavy atom. The number of ketones is 1. The zero-order valence-corrected chi connectivity index (χ0v) is 16.3. The second-order valence-corrected chi connectivity index (χ2v) is 7.03.